The summed E-state index contributed by atoms with van der Waals surface area (Å²) in [5.41, 5.74) is 8.35. The van der Waals surface area contributed by atoms with Crippen LogP contribution in [0.15, 0.2) is 95.7 Å². The standard InChI is InChI=1S/C23H24NOSi.C14H14N.Ir/c1-15(2)16-11-12-24-21(13-16)20-8-6-7-19-18-10-9-17(26(3,4)5)14-22(18)25-23(19)20;1-11(2)13-8-9-15-14(10-13)12-6-4-3-5-7-12;/h6-7,9-15H,1-5H3;3-6,8-11H,1-2H3;/q2*-1;. The van der Waals surface area contributed by atoms with Gasteiger partial charge in [-0.1, -0.05) is 98.9 Å². The fourth-order valence-corrected chi connectivity index (χ4v) is 5.99. The molecule has 0 saturated carbocycles. The van der Waals surface area contributed by atoms with E-state index in [1.165, 1.54) is 16.3 Å². The number of rotatable bonds is 5. The van der Waals surface area contributed by atoms with Gasteiger partial charge in [-0.3, -0.25) is 0 Å². The predicted molar refractivity (Wildman–Crippen MR) is 175 cm³/mol. The smallest absolute Gasteiger partial charge is 0.120 e. The molecule has 0 bridgehead atoms. The summed E-state index contributed by atoms with van der Waals surface area (Å²) in [7, 11) is -1.38. The number of furan rings is 1. The normalized spacial score (nSPS) is 11.5. The Morgan fingerprint density at radius 1 is 0.690 bits per heavy atom. The van der Waals surface area contributed by atoms with Crippen molar-refractivity contribution in [2.45, 2.75) is 59.2 Å². The van der Waals surface area contributed by atoms with Gasteiger partial charge in [-0.15, -0.1) is 54.1 Å². The number of benzene rings is 3. The number of fused-ring (bicyclic) bond motifs is 3. The van der Waals surface area contributed by atoms with Crippen molar-refractivity contribution < 1.29 is 24.5 Å². The minimum atomic E-state index is -1.38. The van der Waals surface area contributed by atoms with Crippen LogP contribution >= 0.6 is 0 Å². The first-order valence-corrected chi connectivity index (χ1v) is 17.9. The third-order valence-electron chi connectivity index (χ3n) is 7.44. The van der Waals surface area contributed by atoms with E-state index in [1.807, 2.05) is 42.7 Å². The molecule has 3 aromatic carbocycles. The Bertz CT molecular complexity index is 1790. The molecule has 0 spiro atoms. The molecular formula is C37H38IrN2OSi-2. The summed E-state index contributed by atoms with van der Waals surface area (Å²) in [6.07, 6.45) is 3.74. The van der Waals surface area contributed by atoms with Gasteiger partial charge < -0.3 is 14.4 Å². The first-order valence-electron chi connectivity index (χ1n) is 14.4. The average Bonchev–Trinajstić information content (AvgIpc) is 3.36. The monoisotopic (exact) mass is 747 g/mol. The number of aromatic nitrogens is 2. The molecule has 3 aromatic heterocycles. The SMILES string of the molecule is CC(C)c1ccnc(-c2[c-]ccc3c2oc2cc([Si](C)(C)C)ccc23)c1.CC(C)c1ccnc(-c2[c-]cccc2)c1.[Ir]. The first-order chi connectivity index (χ1) is 19.6. The van der Waals surface area contributed by atoms with Crippen LogP contribution in [0.4, 0.5) is 0 Å². The Balaban J connectivity index is 0.000000216. The van der Waals surface area contributed by atoms with Crippen LogP contribution in [0.5, 0.6) is 0 Å². The fraction of sp³-hybridized carbons (Fsp3) is 0.243. The third kappa shape index (κ3) is 6.98. The van der Waals surface area contributed by atoms with Crippen LogP contribution in [0.2, 0.25) is 19.6 Å². The second-order valence-corrected chi connectivity index (χ2v) is 17.3. The molecule has 0 unspecified atom stereocenters. The van der Waals surface area contributed by atoms with E-state index in [2.05, 4.69) is 118 Å². The van der Waals surface area contributed by atoms with E-state index in [0.29, 0.717) is 11.8 Å². The maximum absolute atomic E-state index is 6.33. The van der Waals surface area contributed by atoms with Crippen molar-refractivity contribution >= 4 is 35.2 Å². The average molecular weight is 747 g/mol. The van der Waals surface area contributed by atoms with Crippen LogP contribution in [-0.4, -0.2) is 18.0 Å². The van der Waals surface area contributed by atoms with Crippen molar-refractivity contribution in [3.8, 4) is 22.5 Å². The zero-order valence-electron chi connectivity index (χ0n) is 25.5. The number of hydrogen-bond acceptors (Lipinski definition) is 3. The summed E-state index contributed by atoms with van der Waals surface area (Å²) in [6.45, 7) is 15.8. The van der Waals surface area contributed by atoms with E-state index < -0.39 is 8.07 Å². The molecule has 217 valence electrons. The predicted octanol–water partition coefficient (Wildman–Crippen LogP) is 9.79. The van der Waals surface area contributed by atoms with Gasteiger partial charge in [0.05, 0.1) is 13.7 Å². The molecule has 0 atom stereocenters. The Morgan fingerprint density at radius 3 is 1.98 bits per heavy atom. The maximum Gasteiger partial charge on any atom is 0.120 e. The van der Waals surface area contributed by atoms with Crippen molar-refractivity contribution in [1.29, 1.82) is 0 Å². The molecule has 3 nitrogen and oxygen atoms in total. The second-order valence-electron chi connectivity index (χ2n) is 12.2. The summed E-state index contributed by atoms with van der Waals surface area (Å²) in [4.78, 5) is 8.95. The van der Waals surface area contributed by atoms with Gasteiger partial charge in [0.2, 0.25) is 0 Å². The van der Waals surface area contributed by atoms with E-state index in [4.69, 9.17) is 4.42 Å². The zero-order chi connectivity index (χ0) is 29.1. The Kier molecular flexibility index (Phi) is 9.99. The van der Waals surface area contributed by atoms with Crippen molar-refractivity contribution in [2.24, 2.45) is 0 Å². The molecule has 0 N–H and O–H groups in total. The van der Waals surface area contributed by atoms with Crippen molar-refractivity contribution in [1.82, 2.24) is 9.97 Å². The number of nitrogens with zero attached hydrogens (tertiary/aromatic N) is 2. The molecule has 1 radical (unpaired) electrons. The van der Waals surface area contributed by atoms with Gasteiger partial charge in [-0.2, -0.15) is 0 Å². The van der Waals surface area contributed by atoms with Crippen molar-refractivity contribution in [2.75, 3.05) is 0 Å². The number of hydrogen-bond donors (Lipinski definition) is 0. The molecule has 42 heavy (non-hydrogen) atoms. The summed E-state index contributed by atoms with van der Waals surface area (Å²) >= 11 is 0. The van der Waals surface area contributed by atoms with Crippen molar-refractivity contribution in [3.63, 3.8) is 0 Å². The van der Waals surface area contributed by atoms with Gasteiger partial charge in [0.15, 0.2) is 0 Å². The molecule has 6 rings (SSSR count). The summed E-state index contributed by atoms with van der Waals surface area (Å²) in [5, 5.41) is 3.71. The zero-order valence-corrected chi connectivity index (χ0v) is 28.8. The molecule has 6 aromatic rings. The quantitative estimate of drug-likeness (QED) is 0.130. The molecule has 0 amide bonds. The fourth-order valence-electron chi connectivity index (χ4n) is 4.85. The van der Waals surface area contributed by atoms with Crippen molar-refractivity contribution in [3.05, 3.63) is 115 Å². The second kappa shape index (κ2) is 13.3. The van der Waals surface area contributed by atoms with Crippen LogP contribution in [0.25, 0.3) is 44.5 Å². The summed E-state index contributed by atoms with van der Waals surface area (Å²) in [5.74, 6) is 1.00. The molecule has 3 heterocycles. The van der Waals surface area contributed by atoms with E-state index in [0.717, 1.165) is 44.5 Å². The van der Waals surface area contributed by atoms with Gasteiger partial charge >= 0.3 is 0 Å². The minimum absolute atomic E-state index is 0. The Labute approximate surface area is 264 Å². The summed E-state index contributed by atoms with van der Waals surface area (Å²) in [6, 6.07) is 33.7. The third-order valence-corrected chi connectivity index (χ3v) is 9.48. The largest absolute Gasteiger partial charge is 0.501 e. The van der Waals surface area contributed by atoms with Crippen LogP contribution < -0.4 is 5.19 Å². The Hall–Kier alpha value is -3.37. The molecule has 0 aliphatic carbocycles. The van der Waals surface area contributed by atoms with Crippen LogP contribution in [0.3, 0.4) is 0 Å². The molecule has 5 heteroatoms. The van der Waals surface area contributed by atoms with Crippen LogP contribution in [0.1, 0.15) is 50.7 Å². The van der Waals surface area contributed by atoms with Crippen LogP contribution in [-0.2, 0) is 20.1 Å². The van der Waals surface area contributed by atoms with Crippen LogP contribution in [0, 0.1) is 12.1 Å². The van der Waals surface area contributed by atoms with Gasteiger partial charge in [0.25, 0.3) is 0 Å². The van der Waals surface area contributed by atoms with E-state index in [1.54, 1.807) is 0 Å². The molecular weight excluding hydrogens is 709 g/mol. The van der Waals surface area contributed by atoms with Gasteiger partial charge in [0, 0.05) is 37.9 Å². The number of pyridine rings is 2. The Morgan fingerprint density at radius 2 is 1.36 bits per heavy atom. The molecule has 0 saturated heterocycles. The topological polar surface area (TPSA) is 38.9 Å². The maximum atomic E-state index is 6.33. The molecule has 0 aliphatic rings. The van der Waals surface area contributed by atoms with Gasteiger partial charge in [0.1, 0.15) is 5.58 Å². The summed E-state index contributed by atoms with van der Waals surface area (Å²) < 4.78 is 6.33. The molecule has 0 fully saturated rings. The van der Waals surface area contributed by atoms with E-state index in [-0.39, 0.29) is 20.1 Å². The van der Waals surface area contributed by atoms with Gasteiger partial charge in [-0.25, -0.2) is 0 Å². The van der Waals surface area contributed by atoms with E-state index >= 15 is 0 Å². The van der Waals surface area contributed by atoms with E-state index in [9.17, 15) is 0 Å². The molecule has 0 aliphatic heterocycles. The first kappa shape index (κ1) is 31.6. The van der Waals surface area contributed by atoms with Gasteiger partial charge in [-0.05, 0) is 41.4 Å². The minimum Gasteiger partial charge on any atom is -0.501 e.